The fourth-order valence-electron chi connectivity index (χ4n) is 3.21. The highest BCUT2D eigenvalue weighted by Crippen LogP contribution is 2.19. The van der Waals surface area contributed by atoms with Crippen LogP contribution in [-0.2, 0) is 0 Å². The molecule has 0 bridgehead atoms. The van der Waals surface area contributed by atoms with Crippen LogP contribution in [0.1, 0.15) is 52.9 Å². The van der Waals surface area contributed by atoms with Crippen LogP contribution in [0.15, 0.2) is 0 Å². The predicted octanol–water partition coefficient (Wildman–Crippen LogP) is 2.69. The fourth-order valence-corrected chi connectivity index (χ4v) is 3.21. The van der Waals surface area contributed by atoms with Crippen molar-refractivity contribution in [3.05, 3.63) is 0 Å². The second kappa shape index (κ2) is 7.30. The molecule has 20 heavy (non-hydrogen) atoms. The Morgan fingerprint density at radius 2 is 1.95 bits per heavy atom. The van der Waals surface area contributed by atoms with E-state index in [0.717, 1.165) is 44.9 Å². The first-order valence-corrected chi connectivity index (χ1v) is 8.37. The van der Waals surface area contributed by atoms with Crippen LogP contribution in [-0.4, -0.2) is 54.1 Å². The van der Waals surface area contributed by atoms with Crippen molar-refractivity contribution >= 4 is 6.03 Å². The van der Waals surface area contributed by atoms with Gasteiger partial charge in [0.05, 0.1) is 0 Å². The first-order chi connectivity index (χ1) is 9.58. The number of nitrogens with zero attached hydrogens (tertiary/aromatic N) is 2. The van der Waals surface area contributed by atoms with Crippen LogP contribution in [0.4, 0.5) is 4.79 Å². The van der Waals surface area contributed by atoms with E-state index < -0.39 is 0 Å². The summed E-state index contributed by atoms with van der Waals surface area (Å²) in [6.45, 7) is 10.4. The van der Waals surface area contributed by atoms with E-state index in [4.69, 9.17) is 0 Å². The second-order valence-corrected chi connectivity index (χ2v) is 6.85. The van der Waals surface area contributed by atoms with Gasteiger partial charge >= 0.3 is 6.03 Å². The third-order valence-electron chi connectivity index (χ3n) is 4.75. The number of nitrogens with one attached hydrogen (secondary N) is 1. The molecule has 2 amide bonds. The average molecular weight is 281 g/mol. The fraction of sp³-hybridized carbons (Fsp3) is 0.938. The van der Waals surface area contributed by atoms with Crippen molar-refractivity contribution < 1.29 is 4.79 Å². The Morgan fingerprint density at radius 3 is 2.50 bits per heavy atom. The topological polar surface area (TPSA) is 35.6 Å². The van der Waals surface area contributed by atoms with Crippen LogP contribution in [0.5, 0.6) is 0 Å². The van der Waals surface area contributed by atoms with Crippen molar-refractivity contribution in [2.45, 2.75) is 65.0 Å². The van der Waals surface area contributed by atoms with Crippen molar-refractivity contribution in [3.63, 3.8) is 0 Å². The third kappa shape index (κ3) is 4.11. The van der Waals surface area contributed by atoms with E-state index in [2.05, 4.69) is 35.9 Å². The molecule has 2 aliphatic heterocycles. The monoisotopic (exact) mass is 281 g/mol. The zero-order chi connectivity index (χ0) is 14.5. The summed E-state index contributed by atoms with van der Waals surface area (Å²) in [4.78, 5) is 16.9. The standard InChI is InChI=1S/C16H31N3O/c1-13(2)19(12-15-6-4-5-9-17-15)16(20)18-10-7-14(3)8-11-18/h13-15,17H,4-12H2,1-3H3. The maximum absolute atomic E-state index is 12.7. The van der Waals surface area contributed by atoms with Gasteiger partial charge < -0.3 is 15.1 Å². The molecule has 0 aliphatic carbocycles. The van der Waals surface area contributed by atoms with Gasteiger partial charge in [0.2, 0.25) is 0 Å². The molecule has 0 spiro atoms. The summed E-state index contributed by atoms with van der Waals surface area (Å²) >= 11 is 0. The maximum Gasteiger partial charge on any atom is 0.320 e. The number of rotatable bonds is 3. The lowest BCUT2D eigenvalue weighted by molar-refractivity contribution is 0.116. The maximum atomic E-state index is 12.7. The molecule has 0 saturated carbocycles. The Morgan fingerprint density at radius 1 is 1.25 bits per heavy atom. The van der Waals surface area contributed by atoms with Crippen LogP contribution in [0, 0.1) is 5.92 Å². The number of likely N-dealkylation sites (tertiary alicyclic amines) is 1. The van der Waals surface area contributed by atoms with E-state index in [1.807, 2.05) is 0 Å². The van der Waals surface area contributed by atoms with Gasteiger partial charge in [-0.25, -0.2) is 4.79 Å². The van der Waals surface area contributed by atoms with Gasteiger partial charge in [-0.3, -0.25) is 0 Å². The van der Waals surface area contributed by atoms with E-state index in [0.29, 0.717) is 6.04 Å². The Kier molecular flexibility index (Phi) is 5.70. The molecule has 2 heterocycles. The van der Waals surface area contributed by atoms with Crippen LogP contribution in [0.3, 0.4) is 0 Å². The first-order valence-electron chi connectivity index (χ1n) is 8.37. The molecular formula is C16H31N3O. The minimum Gasteiger partial charge on any atom is -0.325 e. The van der Waals surface area contributed by atoms with E-state index in [1.165, 1.54) is 19.3 Å². The second-order valence-electron chi connectivity index (χ2n) is 6.85. The molecule has 2 rings (SSSR count). The Balaban J connectivity index is 1.91. The average Bonchev–Trinajstić information content (AvgIpc) is 2.45. The van der Waals surface area contributed by atoms with Crippen molar-refractivity contribution in [1.82, 2.24) is 15.1 Å². The molecule has 4 heteroatoms. The molecule has 2 aliphatic rings. The predicted molar refractivity (Wildman–Crippen MR) is 82.9 cm³/mol. The van der Waals surface area contributed by atoms with Gasteiger partial charge in [0.1, 0.15) is 0 Å². The van der Waals surface area contributed by atoms with Crippen LogP contribution in [0.2, 0.25) is 0 Å². The van der Waals surface area contributed by atoms with Gasteiger partial charge in [0.15, 0.2) is 0 Å². The van der Waals surface area contributed by atoms with Crippen molar-refractivity contribution in [3.8, 4) is 0 Å². The minimum absolute atomic E-state index is 0.249. The van der Waals surface area contributed by atoms with Crippen molar-refractivity contribution in [2.75, 3.05) is 26.2 Å². The number of carbonyl (C=O) groups excluding carboxylic acids is 1. The summed E-state index contributed by atoms with van der Waals surface area (Å²) in [5.41, 5.74) is 0. The van der Waals surface area contributed by atoms with Crippen molar-refractivity contribution in [2.24, 2.45) is 5.92 Å². The van der Waals surface area contributed by atoms with Gasteiger partial charge in [-0.1, -0.05) is 13.3 Å². The summed E-state index contributed by atoms with van der Waals surface area (Å²) in [5, 5.41) is 3.56. The molecule has 0 aromatic heterocycles. The quantitative estimate of drug-likeness (QED) is 0.863. The van der Waals surface area contributed by atoms with Crippen LogP contribution >= 0.6 is 0 Å². The van der Waals surface area contributed by atoms with Gasteiger partial charge in [-0.2, -0.15) is 0 Å². The Hall–Kier alpha value is -0.770. The first kappa shape index (κ1) is 15.6. The smallest absolute Gasteiger partial charge is 0.320 e. The zero-order valence-corrected chi connectivity index (χ0v) is 13.4. The number of piperidine rings is 2. The molecule has 0 radical (unpaired) electrons. The molecule has 1 unspecified atom stereocenters. The van der Waals surface area contributed by atoms with Crippen molar-refractivity contribution in [1.29, 1.82) is 0 Å². The van der Waals surface area contributed by atoms with Gasteiger partial charge in [0, 0.05) is 31.7 Å². The number of hydrogen-bond acceptors (Lipinski definition) is 2. The van der Waals surface area contributed by atoms with Crippen LogP contribution < -0.4 is 5.32 Å². The number of urea groups is 1. The molecule has 0 aromatic carbocycles. The highest BCUT2D eigenvalue weighted by molar-refractivity contribution is 5.75. The zero-order valence-electron chi connectivity index (χ0n) is 13.4. The summed E-state index contributed by atoms with van der Waals surface area (Å²) in [5.74, 6) is 0.770. The lowest BCUT2D eigenvalue weighted by atomic mass is 9.99. The molecule has 4 nitrogen and oxygen atoms in total. The van der Waals surface area contributed by atoms with Crippen LogP contribution in [0.25, 0.3) is 0 Å². The molecule has 1 atom stereocenters. The lowest BCUT2D eigenvalue weighted by Gasteiger charge is -2.39. The molecule has 2 fully saturated rings. The van der Waals surface area contributed by atoms with Gasteiger partial charge in [-0.05, 0) is 52.0 Å². The lowest BCUT2D eigenvalue weighted by Crippen LogP contribution is -2.53. The summed E-state index contributed by atoms with van der Waals surface area (Å²) < 4.78 is 0. The normalized spacial score (nSPS) is 25.0. The summed E-state index contributed by atoms with van der Waals surface area (Å²) in [7, 11) is 0. The third-order valence-corrected chi connectivity index (χ3v) is 4.75. The minimum atomic E-state index is 0.249. The largest absolute Gasteiger partial charge is 0.325 e. The molecular weight excluding hydrogens is 250 g/mol. The SMILES string of the molecule is CC1CCN(C(=O)N(CC2CCCCN2)C(C)C)CC1. The molecule has 2 saturated heterocycles. The molecule has 116 valence electrons. The van der Waals surface area contributed by atoms with Gasteiger partial charge in [-0.15, -0.1) is 0 Å². The number of carbonyl (C=O) groups is 1. The van der Waals surface area contributed by atoms with E-state index in [1.54, 1.807) is 0 Å². The Bertz CT molecular complexity index is 305. The number of hydrogen-bond donors (Lipinski definition) is 1. The van der Waals surface area contributed by atoms with E-state index in [9.17, 15) is 4.79 Å². The molecule has 1 N–H and O–H groups in total. The van der Waals surface area contributed by atoms with Gasteiger partial charge in [0.25, 0.3) is 0 Å². The van der Waals surface area contributed by atoms with E-state index >= 15 is 0 Å². The molecule has 0 aromatic rings. The Labute approximate surface area is 123 Å². The summed E-state index contributed by atoms with van der Waals surface area (Å²) in [6.07, 6.45) is 6.07. The highest BCUT2D eigenvalue weighted by Gasteiger charge is 2.28. The highest BCUT2D eigenvalue weighted by atomic mass is 16.2. The summed E-state index contributed by atoms with van der Waals surface area (Å²) in [6, 6.07) is 1.02. The number of amides is 2. The van der Waals surface area contributed by atoms with E-state index in [-0.39, 0.29) is 12.1 Å².